The summed E-state index contributed by atoms with van der Waals surface area (Å²) in [6, 6.07) is 17.2. The van der Waals surface area contributed by atoms with Crippen LogP contribution in [0.2, 0.25) is 0 Å². The van der Waals surface area contributed by atoms with Crippen LogP contribution >= 0.6 is 11.3 Å². The Kier molecular flexibility index (Phi) is 5.54. The number of methoxy groups -OCH3 is 1. The Morgan fingerprint density at radius 1 is 1.16 bits per heavy atom. The van der Waals surface area contributed by atoms with E-state index in [-0.39, 0.29) is 11.0 Å². The molecule has 4 nitrogen and oxygen atoms in total. The second-order valence-electron chi connectivity index (χ2n) is 11.6. The van der Waals surface area contributed by atoms with E-state index in [2.05, 4.69) is 49.4 Å². The molecule has 4 unspecified atom stereocenters. The van der Waals surface area contributed by atoms with E-state index in [0.717, 1.165) is 48.1 Å². The Morgan fingerprint density at radius 3 is 2.86 bits per heavy atom. The van der Waals surface area contributed by atoms with Gasteiger partial charge in [-0.3, -0.25) is 9.36 Å². The monoisotopic (exact) mass is 510 g/mol. The molecular formula is C32H34N2O2S. The molecule has 190 valence electrons. The highest BCUT2D eigenvalue weighted by molar-refractivity contribution is 7.18. The molecule has 3 aliphatic carbocycles. The number of fused-ring (bicyclic) bond motifs is 9. The molecule has 4 aromatic rings. The van der Waals surface area contributed by atoms with Crippen LogP contribution in [0.4, 0.5) is 0 Å². The summed E-state index contributed by atoms with van der Waals surface area (Å²) in [7, 11) is 1.76. The summed E-state index contributed by atoms with van der Waals surface area (Å²) in [6.07, 6.45) is 9.51. The number of nitrogens with zero attached hydrogens (tertiary/aromatic N) is 2. The zero-order valence-electron chi connectivity index (χ0n) is 21.7. The SMILES string of the molecule is COc1ccc2c(c1)CCC1C2CCC2(C)c3c(sc4ncn(CCCc5ccccc5)c(=O)c34)CC12. The summed E-state index contributed by atoms with van der Waals surface area (Å²) in [5.74, 6) is 2.89. The second kappa shape index (κ2) is 8.83. The van der Waals surface area contributed by atoms with Gasteiger partial charge in [0.15, 0.2) is 0 Å². The van der Waals surface area contributed by atoms with Crippen LogP contribution in [0.1, 0.15) is 65.7 Å². The van der Waals surface area contributed by atoms with Gasteiger partial charge in [0.2, 0.25) is 0 Å². The van der Waals surface area contributed by atoms with E-state index in [1.165, 1.54) is 34.4 Å². The predicted octanol–water partition coefficient (Wildman–Crippen LogP) is 6.67. The zero-order chi connectivity index (χ0) is 25.1. The lowest BCUT2D eigenvalue weighted by Gasteiger charge is -2.49. The fourth-order valence-corrected chi connectivity index (χ4v) is 9.30. The van der Waals surface area contributed by atoms with Gasteiger partial charge in [-0.2, -0.15) is 0 Å². The molecule has 0 saturated heterocycles. The van der Waals surface area contributed by atoms with Gasteiger partial charge in [0, 0.05) is 11.4 Å². The Labute approximate surface area is 222 Å². The first-order chi connectivity index (χ1) is 18.1. The van der Waals surface area contributed by atoms with Gasteiger partial charge in [-0.15, -0.1) is 11.3 Å². The van der Waals surface area contributed by atoms with Crippen molar-refractivity contribution in [2.75, 3.05) is 7.11 Å². The van der Waals surface area contributed by atoms with Crippen molar-refractivity contribution in [3.8, 4) is 5.75 Å². The second-order valence-corrected chi connectivity index (χ2v) is 12.6. The van der Waals surface area contributed by atoms with Crippen LogP contribution in [0.5, 0.6) is 5.75 Å². The molecule has 0 bridgehead atoms. The summed E-state index contributed by atoms with van der Waals surface area (Å²) >= 11 is 1.78. The molecule has 2 aromatic heterocycles. The van der Waals surface area contributed by atoms with Gasteiger partial charge < -0.3 is 4.74 Å². The third-order valence-electron chi connectivity index (χ3n) is 9.76. The van der Waals surface area contributed by atoms with Crippen molar-refractivity contribution in [1.82, 2.24) is 9.55 Å². The lowest BCUT2D eigenvalue weighted by atomic mass is 9.55. The van der Waals surface area contributed by atoms with E-state index < -0.39 is 0 Å². The first-order valence-electron chi connectivity index (χ1n) is 13.8. The van der Waals surface area contributed by atoms with Crippen LogP contribution in [0.15, 0.2) is 59.7 Å². The van der Waals surface area contributed by atoms with E-state index >= 15 is 0 Å². The minimum Gasteiger partial charge on any atom is -0.497 e. The predicted molar refractivity (Wildman–Crippen MR) is 150 cm³/mol. The number of thiophene rings is 1. The third-order valence-corrected chi connectivity index (χ3v) is 10.9. The highest BCUT2D eigenvalue weighted by atomic mass is 32.1. The zero-order valence-corrected chi connectivity index (χ0v) is 22.5. The van der Waals surface area contributed by atoms with Crippen molar-refractivity contribution < 1.29 is 4.74 Å². The maximum Gasteiger partial charge on any atom is 0.262 e. The van der Waals surface area contributed by atoms with Crippen molar-refractivity contribution in [2.24, 2.45) is 11.8 Å². The first-order valence-corrected chi connectivity index (χ1v) is 14.6. The Balaban J connectivity index is 1.19. The van der Waals surface area contributed by atoms with Crippen LogP contribution in [0.3, 0.4) is 0 Å². The number of rotatable bonds is 5. The Bertz CT molecular complexity index is 1540. The number of ether oxygens (including phenoxy) is 1. The lowest BCUT2D eigenvalue weighted by molar-refractivity contribution is 0.106. The van der Waals surface area contributed by atoms with Crippen LogP contribution in [0.25, 0.3) is 10.2 Å². The van der Waals surface area contributed by atoms with Gasteiger partial charge in [0.1, 0.15) is 10.6 Å². The number of hydrogen-bond donors (Lipinski definition) is 0. The van der Waals surface area contributed by atoms with Crippen LogP contribution in [0, 0.1) is 11.8 Å². The maximum atomic E-state index is 13.8. The van der Waals surface area contributed by atoms with E-state index in [4.69, 9.17) is 9.72 Å². The highest BCUT2D eigenvalue weighted by Gasteiger charge is 2.54. The van der Waals surface area contributed by atoms with Gasteiger partial charge >= 0.3 is 0 Å². The molecule has 2 heterocycles. The minimum atomic E-state index is 0.0722. The lowest BCUT2D eigenvalue weighted by Crippen LogP contribution is -2.43. The van der Waals surface area contributed by atoms with Crippen LogP contribution < -0.4 is 10.3 Å². The molecule has 0 N–H and O–H groups in total. The molecule has 1 fully saturated rings. The normalized spacial score (nSPS) is 25.8. The van der Waals surface area contributed by atoms with Crippen molar-refractivity contribution in [2.45, 2.75) is 69.7 Å². The summed E-state index contributed by atoms with van der Waals surface area (Å²) in [4.78, 5) is 21.0. The molecule has 0 spiro atoms. The standard InChI is InChI=1S/C32H34N2O2S/c1-32-15-14-24-23-13-11-22(36-2)17-21(23)10-12-25(24)26(32)18-27-29(32)28-30(37-27)33-19-34(31(28)35)16-6-9-20-7-4-3-5-8-20/h3-5,7-8,11,13,17,19,24-26H,6,9-10,12,14-16,18H2,1-2H3. The van der Waals surface area contributed by atoms with E-state index in [1.54, 1.807) is 30.3 Å². The summed E-state index contributed by atoms with van der Waals surface area (Å²) < 4.78 is 7.37. The highest BCUT2D eigenvalue weighted by Crippen LogP contribution is 2.62. The smallest absolute Gasteiger partial charge is 0.262 e. The number of benzene rings is 2. The molecule has 37 heavy (non-hydrogen) atoms. The summed E-state index contributed by atoms with van der Waals surface area (Å²) in [5, 5.41) is 0.923. The average Bonchev–Trinajstić information content (AvgIpc) is 3.44. The first kappa shape index (κ1) is 23.2. The molecular weight excluding hydrogens is 476 g/mol. The van der Waals surface area contributed by atoms with Gasteiger partial charge in [0.05, 0.1) is 18.8 Å². The Morgan fingerprint density at radius 2 is 2.03 bits per heavy atom. The minimum absolute atomic E-state index is 0.0722. The third kappa shape index (κ3) is 3.61. The van der Waals surface area contributed by atoms with Crippen molar-refractivity contribution >= 4 is 21.6 Å². The van der Waals surface area contributed by atoms with E-state index in [0.29, 0.717) is 24.3 Å². The van der Waals surface area contributed by atoms with Crippen molar-refractivity contribution in [1.29, 1.82) is 0 Å². The summed E-state index contributed by atoms with van der Waals surface area (Å²) in [5.41, 5.74) is 5.93. The van der Waals surface area contributed by atoms with E-state index in [9.17, 15) is 4.79 Å². The van der Waals surface area contributed by atoms with Crippen molar-refractivity contribution in [3.05, 3.63) is 92.3 Å². The van der Waals surface area contributed by atoms with E-state index in [1.807, 2.05) is 10.6 Å². The van der Waals surface area contributed by atoms with Crippen molar-refractivity contribution in [3.63, 3.8) is 0 Å². The molecule has 1 saturated carbocycles. The molecule has 7 rings (SSSR count). The van der Waals surface area contributed by atoms with Crippen LogP contribution in [-0.4, -0.2) is 16.7 Å². The van der Waals surface area contributed by atoms with Gasteiger partial charge in [-0.05, 0) is 103 Å². The molecule has 0 aliphatic heterocycles. The number of hydrogen-bond acceptors (Lipinski definition) is 4. The van der Waals surface area contributed by atoms with Gasteiger partial charge in [0.25, 0.3) is 5.56 Å². The average molecular weight is 511 g/mol. The number of aryl methyl sites for hydroxylation is 3. The van der Waals surface area contributed by atoms with Crippen LogP contribution in [-0.2, 0) is 31.2 Å². The molecule has 3 aliphatic rings. The molecule has 4 atom stereocenters. The maximum absolute atomic E-state index is 13.8. The molecule has 2 aromatic carbocycles. The quantitative estimate of drug-likeness (QED) is 0.301. The van der Waals surface area contributed by atoms with Gasteiger partial charge in [-0.25, -0.2) is 4.98 Å². The largest absolute Gasteiger partial charge is 0.497 e. The molecule has 0 radical (unpaired) electrons. The summed E-state index contributed by atoms with van der Waals surface area (Å²) in [6.45, 7) is 3.17. The fraction of sp³-hybridized carbons (Fsp3) is 0.438. The fourth-order valence-electron chi connectivity index (χ4n) is 7.97. The topological polar surface area (TPSA) is 44.1 Å². The molecule has 0 amide bonds. The molecule has 5 heteroatoms. The number of aromatic nitrogens is 2. The Hall–Kier alpha value is -2.92. The van der Waals surface area contributed by atoms with Gasteiger partial charge in [-0.1, -0.05) is 43.3 Å².